The van der Waals surface area contributed by atoms with Crippen LogP contribution in [0, 0.1) is 17.3 Å². The predicted octanol–water partition coefficient (Wildman–Crippen LogP) is 6.36. The molecule has 0 aliphatic heterocycles. The number of carbonyl (C=O) groups excluding carboxylic acids is 1. The minimum Gasteiger partial charge on any atom is -0.490 e. The molecule has 1 amide bonds. The molecular formula is C25H28BrClN2O3. The number of nitrogens with zero attached hydrogens (tertiary/aromatic N) is 1. The van der Waals surface area contributed by atoms with Gasteiger partial charge in [0, 0.05) is 16.5 Å². The number of ether oxygens (including phenoxy) is 2. The minimum atomic E-state index is 0.0273. The van der Waals surface area contributed by atoms with Gasteiger partial charge in [-0.05, 0) is 70.8 Å². The molecule has 4 rings (SSSR count). The maximum Gasteiger partial charge on any atom is 0.244 e. The van der Waals surface area contributed by atoms with Gasteiger partial charge in [-0.15, -0.1) is 0 Å². The summed E-state index contributed by atoms with van der Waals surface area (Å²) in [7, 11) is 0. The minimum absolute atomic E-state index is 0.0273. The van der Waals surface area contributed by atoms with E-state index in [1.807, 2.05) is 43.3 Å². The summed E-state index contributed by atoms with van der Waals surface area (Å²) < 4.78 is 12.6. The van der Waals surface area contributed by atoms with Crippen molar-refractivity contribution in [1.29, 1.82) is 0 Å². The number of hydrogen-bond donors (Lipinski definition) is 1. The zero-order chi connectivity index (χ0) is 22.7. The Bertz CT molecular complexity index is 1030. The normalized spacial score (nSPS) is 24.1. The fourth-order valence-electron chi connectivity index (χ4n) is 4.92. The van der Waals surface area contributed by atoms with Gasteiger partial charge in [-0.2, -0.15) is 5.10 Å². The van der Waals surface area contributed by atoms with E-state index in [2.05, 4.69) is 33.4 Å². The highest BCUT2D eigenvalue weighted by Gasteiger charge is 2.64. The smallest absolute Gasteiger partial charge is 0.244 e. The Kier molecular flexibility index (Phi) is 7.11. The quantitative estimate of drug-likeness (QED) is 0.326. The van der Waals surface area contributed by atoms with Gasteiger partial charge in [-0.3, -0.25) is 4.79 Å². The highest BCUT2D eigenvalue weighted by atomic mass is 79.9. The van der Waals surface area contributed by atoms with E-state index >= 15 is 0 Å². The number of fused-ring (bicyclic) bond motifs is 1. The van der Waals surface area contributed by atoms with Crippen LogP contribution < -0.4 is 14.9 Å². The van der Waals surface area contributed by atoms with Crippen LogP contribution in [0.15, 0.2) is 46.0 Å². The third-order valence-electron chi connectivity index (χ3n) is 6.66. The van der Waals surface area contributed by atoms with Gasteiger partial charge in [0.2, 0.25) is 5.91 Å². The molecule has 2 fully saturated rings. The molecule has 0 aromatic heterocycles. The summed E-state index contributed by atoms with van der Waals surface area (Å²) in [6.45, 7) is 4.97. The van der Waals surface area contributed by atoms with Gasteiger partial charge in [0.05, 0.1) is 17.3 Å². The first-order chi connectivity index (χ1) is 15.4. The highest BCUT2D eigenvalue weighted by molar-refractivity contribution is 9.10. The molecule has 32 heavy (non-hydrogen) atoms. The second kappa shape index (κ2) is 9.84. The Morgan fingerprint density at radius 2 is 2.12 bits per heavy atom. The molecule has 5 nitrogen and oxygen atoms in total. The summed E-state index contributed by atoms with van der Waals surface area (Å²) in [6, 6.07) is 11.3. The summed E-state index contributed by atoms with van der Waals surface area (Å²) in [5.74, 6) is 1.83. The number of benzene rings is 2. The van der Waals surface area contributed by atoms with Gasteiger partial charge in [0.15, 0.2) is 11.5 Å². The molecule has 3 atom stereocenters. The largest absolute Gasteiger partial charge is 0.490 e. The molecule has 0 heterocycles. The van der Waals surface area contributed by atoms with E-state index in [0.717, 1.165) is 28.4 Å². The molecule has 7 heteroatoms. The van der Waals surface area contributed by atoms with Crippen molar-refractivity contribution in [1.82, 2.24) is 5.43 Å². The van der Waals surface area contributed by atoms with E-state index in [4.69, 9.17) is 21.1 Å². The van der Waals surface area contributed by atoms with Gasteiger partial charge in [0.1, 0.15) is 6.61 Å². The van der Waals surface area contributed by atoms with Gasteiger partial charge in [-0.1, -0.05) is 49.6 Å². The Hall–Kier alpha value is -2.05. The number of rotatable bonds is 8. The van der Waals surface area contributed by atoms with Crippen molar-refractivity contribution in [2.45, 2.75) is 46.1 Å². The van der Waals surface area contributed by atoms with Gasteiger partial charge < -0.3 is 9.47 Å². The molecule has 0 unspecified atom stereocenters. The number of hydrazone groups is 1. The zero-order valence-corrected chi connectivity index (χ0v) is 20.7. The fraction of sp³-hybridized carbons (Fsp3) is 0.440. The third kappa shape index (κ3) is 4.81. The Morgan fingerprint density at radius 1 is 1.31 bits per heavy atom. The van der Waals surface area contributed by atoms with Crippen LogP contribution >= 0.6 is 27.5 Å². The first-order valence-corrected chi connectivity index (χ1v) is 12.3. The van der Waals surface area contributed by atoms with Crippen molar-refractivity contribution in [2.24, 2.45) is 22.4 Å². The van der Waals surface area contributed by atoms with Crippen molar-refractivity contribution >= 4 is 39.7 Å². The van der Waals surface area contributed by atoms with Crippen molar-refractivity contribution in [3.63, 3.8) is 0 Å². The number of carbonyl (C=O) groups is 1. The van der Waals surface area contributed by atoms with Crippen molar-refractivity contribution in [3.05, 3.63) is 57.0 Å². The number of hydrogen-bond acceptors (Lipinski definition) is 4. The van der Waals surface area contributed by atoms with E-state index in [1.54, 1.807) is 6.21 Å². The van der Waals surface area contributed by atoms with Gasteiger partial charge in [0.25, 0.3) is 0 Å². The first kappa shape index (κ1) is 23.1. The highest BCUT2D eigenvalue weighted by Crippen LogP contribution is 2.66. The molecule has 0 bridgehead atoms. The summed E-state index contributed by atoms with van der Waals surface area (Å²) in [5.41, 5.74) is 4.60. The van der Waals surface area contributed by atoms with E-state index in [9.17, 15) is 4.79 Å². The molecule has 2 aromatic rings. The number of nitrogens with one attached hydrogen (secondary N) is 1. The lowest BCUT2D eigenvalue weighted by atomic mass is 9.90. The van der Waals surface area contributed by atoms with Crippen molar-refractivity contribution < 1.29 is 14.3 Å². The molecule has 2 aliphatic carbocycles. The molecule has 170 valence electrons. The molecule has 0 saturated heterocycles. The van der Waals surface area contributed by atoms with Crippen LogP contribution in [0.5, 0.6) is 11.5 Å². The van der Waals surface area contributed by atoms with Gasteiger partial charge >= 0.3 is 0 Å². The summed E-state index contributed by atoms with van der Waals surface area (Å²) in [6.07, 6.45) is 6.38. The topological polar surface area (TPSA) is 59.9 Å². The maximum atomic E-state index is 12.6. The fourth-order valence-corrected chi connectivity index (χ4v) is 5.69. The van der Waals surface area contributed by atoms with Gasteiger partial charge in [-0.25, -0.2) is 5.43 Å². The molecule has 1 N–H and O–H groups in total. The molecule has 0 radical (unpaired) electrons. The molecular weight excluding hydrogens is 492 g/mol. The number of halogens is 2. The molecule has 2 aliphatic rings. The van der Waals surface area contributed by atoms with E-state index in [0.29, 0.717) is 35.7 Å². The Balaban J connectivity index is 1.43. The standard InChI is InChI=1S/C25H28BrClN2O3/c1-3-31-21-13-16(12-19(26)23(21)32-15-17-8-4-5-10-20(17)27)14-28-29-24(30)22-18-9-6-7-11-25(18,22)2/h4-5,8,10,12-14,18,22H,3,6-7,9,11,15H2,1-2H3,(H,29,30)/b28-14-/t18-,22+,25-/m1/s1. The molecule has 2 saturated carbocycles. The average molecular weight is 520 g/mol. The summed E-state index contributed by atoms with van der Waals surface area (Å²) in [4.78, 5) is 12.6. The Labute approximate surface area is 202 Å². The lowest BCUT2D eigenvalue weighted by molar-refractivity contribution is -0.123. The second-order valence-electron chi connectivity index (χ2n) is 8.71. The van der Waals surface area contributed by atoms with Crippen LogP contribution in [0.1, 0.15) is 50.7 Å². The SMILES string of the molecule is CCOc1cc(/C=N\NC(=O)[C@@H]2[C@H]3CCCC[C@]32C)cc(Br)c1OCc1ccccc1Cl. The summed E-state index contributed by atoms with van der Waals surface area (Å²) >= 11 is 9.82. The lowest BCUT2D eigenvalue weighted by Gasteiger charge is -2.15. The molecule has 0 spiro atoms. The van der Waals surface area contributed by atoms with E-state index < -0.39 is 0 Å². The van der Waals surface area contributed by atoms with Crippen LogP contribution in [-0.4, -0.2) is 18.7 Å². The lowest BCUT2D eigenvalue weighted by Crippen LogP contribution is -2.22. The monoisotopic (exact) mass is 518 g/mol. The van der Waals surface area contributed by atoms with Crippen molar-refractivity contribution in [2.75, 3.05) is 6.61 Å². The zero-order valence-electron chi connectivity index (χ0n) is 18.4. The van der Waals surface area contributed by atoms with Crippen LogP contribution in [0.4, 0.5) is 0 Å². The second-order valence-corrected chi connectivity index (χ2v) is 9.97. The summed E-state index contributed by atoms with van der Waals surface area (Å²) in [5, 5.41) is 4.87. The number of amides is 1. The molecule has 2 aromatic carbocycles. The van der Waals surface area contributed by atoms with E-state index in [1.165, 1.54) is 12.8 Å². The van der Waals surface area contributed by atoms with Crippen LogP contribution in [-0.2, 0) is 11.4 Å². The van der Waals surface area contributed by atoms with Crippen LogP contribution in [0.25, 0.3) is 0 Å². The maximum absolute atomic E-state index is 12.6. The third-order valence-corrected chi connectivity index (χ3v) is 7.62. The first-order valence-electron chi connectivity index (χ1n) is 11.1. The average Bonchev–Trinajstić information content (AvgIpc) is 3.40. The van der Waals surface area contributed by atoms with Crippen LogP contribution in [0.3, 0.4) is 0 Å². The van der Waals surface area contributed by atoms with Crippen LogP contribution in [0.2, 0.25) is 5.02 Å². The van der Waals surface area contributed by atoms with E-state index in [-0.39, 0.29) is 17.2 Å². The van der Waals surface area contributed by atoms with Crippen molar-refractivity contribution in [3.8, 4) is 11.5 Å². The Morgan fingerprint density at radius 3 is 2.84 bits per heavy atom. The predicted molar refractivity (Wildman–Crippen MR) is 130 cm³/mol.